The van der Waals surface area contributed by atoms with Gasteiger partial charge in [0.2, 0.25) is 0 Å². The van der Waals surface area contributed by atoms with E-state index in [-0.39, 0.29) is 0 Å². The van der Waals surface area contributed by atoms with Crippen molar-refractivity contribution in [1.82, 2.24) is 4.98 Å². The zero-order valence-corrected chi connectivity index (χ0v) is 9.37. The first-order chi connectivity index (χ1) is 8.24. The number of methoxy groups -OCH3 is 1. The lowest BCUT2D eigenvalue weighted by atomic mass is 9.75. The Hall–Kier alpha value is -1.85. The molecule has 0 unspecified atom stereocenters. The summed E-state index contributed by atoms with van der Waals surface area (Å²) in [7, 11) is -0.0878. The molecule has 2 N–H and O–H groups in total. The van der Waals surface area contributed by atoms with Gasteiger partial charge in [0.05, 0.1) is 7.11 Å². The van der Waals surface area contributed by atoms with Gasteiger partial charge in [0, 0.05) is 17.9 Å². The molecule has 0 aliphatic rings. The van der Waals surface area contributed by atoms with Gasteiger partial charge < -0.3 is 14.8 Å². The first kappa shape index (κ1) is 11.6. The van der Waals surface area contributed by atoms with Crippen molar-refractivity contribution >= 4 is 12.6 Å². The fraction of sp³-hybridized carbons (Fsp3) is 0.0833. The van der Waals surface area contributed by atoms with Crippen LogP contribution in [0.2, 0.25) is 0 Å². The van der Waals surface area contributed by atoms with Crippen molar-refractivity contribution in [3.05, 3.63) is 42.7 Å². The van der Waals surface area contributed by atoms with E-state index in [0.29, 0.717) is 16.8 Å². The van der Waals surface area contributed by atoms with Gasteiger partial charge in [-0.3, -0.25) is 4.98 Å². The summed E-state index contributed by atoms with van der Waals surface area (Å²) in [4.78, 5) is 4.01. The quantitative estimate of drug-likeness (QED) is 0.749. The third-order valence-electron chi connectivity index (χ3n) is 2.52. The van der Waals surface area contributed by atoms with Crippen molar-refractivity contribution in [1.29, 1.82) is 0 Å². The molecule has 0 bridgehead atoms. The van der Waals surface area contributed by atoms with Crippen molar-refractivity contribution in [2.45, 2.75) is 0 Å². The van der Waals surface area contributed by atoms with Crippen LogP contribution in [0.15, 0.2) is 42.7 Å². The first-order valence-corrected chi connectivity index (χ1v) is 5.17. The molecule has 0 spiro atoms. The summed E-state index contributed by atoms with van der Waals surface area (Å²) < 4.78 is 5.13. The van der Waals surface area contributed by atoms with E-state index in [4.69, 9.17) is 4.74 Å². The van der Waals surface area contributed by atoms with Crippen LogP contribution in [0.25, 0.3) is 11.1 Å². The number of benzene rings is 1. The van der Waals surface area contributed by atoms with E-state index in [1.165, 1.54) is 7.11 Å². The summed E-state index contributed by atoms with van der Waals surface area (Å²) in [5.74, 6) is 0.446. The van der Waals surface area contributed by atoms with Crippen LogP contribution in [0.3, 0.4) is 0 Å². The van der Waals surface area contributed by atoms with E-state index in [1.54, 1.807) is 36.7 Å². The lowest BCUT2D eigenvalue weighted by molar-refractivity contribution is 0.403. The third-order valence-corrected chi connectivity index (χ3v) is 2.52. The zero-order valence-electron chi connectivity index (χ0n) is 9.37. The van der Waals surface area contributed by atoms with Crippen LogP contribution >= 0.6 is 0 Å². The summed E-state index contributed by atoms with van der Waals surface area (Å²) in [6.07, 6.45) is 3.33. The maximum atomic E-state index is 9.43. The molecule has 17 heavy (non-hydrogen) atoms. The molecule has 0 atom stereocenters. The number of aromatic nitrogens is 1. The summed E-state index contributed by atoms with van der Waals surface area (Å²) in [5, 5.41) is 18.9. The van der Waals surface area contributed by atoms with Gasteiger partial charge in [-0.15, -0.1) is 0 Å². The highest BCUT2D eigenvalue weighted by Gasteiger charge is 2.21. The van der Waals surface area contributed by atoms with E-state index >= 15 is 0 Å². The highest BCUT2D eigenvalue weighted by atomic mass is 16.5. The van der Waals surface area contributed by atoms with Gasteiger partial charge in [0.25, 0.3) is 0 Å². The summed E-state index contributed by atoms with van der Waals surface area (Å²) >= 11 is 0. The van der Waals surface area contributed by atoms with E-state index in [1.807, 2.05) is 6.07 Å². The van der Waals surface area contributed by atoms with E-state index in [2.05, 4.69) is 4.98 Å². The normalized spacial score (nSPS) is 10.1. The van der Waals surface area contributed by atoms with Gasteiger partial charge in [0.1, 0.15) is 5.75 Å². The Morgan fingerprint density at radius 1 is 1.18 bits per heavy atom. The van der Waals surface area contributed by atoms with E-state index < -0.39 is 7.12 Å². The molecule has 2 rings (SSSR count). The Bertz CT molecular complexity index is 502. The molecule has 0 radical (unpaired) electrons. The van der Waals surface area contributed by atoms with Crippen LogP contribution in [0.4, 0.5) is 0 Å². The summed E-state index contributed by atoms with van der Waals surface area (Å²) in [5.41, 5.74) is 1.87. The maximum Gasteiger partial charge on any atom is 0.492 e. The predicted octanol–water partition coefficient (Wildman–Crippen LogP) is 0.437. The van der Waals surface area contributed by atoms with Crippen LogP contribution in [0.5, 0.6) is 5.75 Å². The number of ether oxygens (including phenoxy) is 1. The molecule has 1 heterocycles. The molecular formula is C12H12BNO3. The smallest absolute Gasteiger partial charge is 0.492 e. The second kappa shape index (κ2) is 4.99. The first-order valence-electron chi connectivity index (χ1n) is 5.17. The minimum absolute atomic E-state index is 0.350. The number of hydrogen-bond acceptors (Lipinski definition) is 4. The fourth-order valence-corrected chi connectivity index (χ4v) is 1.76. The molecule has 0 aliphatic heterocycles. The lowest BCUT2D eigenvalue weighted by Crippen LogP contribution is -2.33. The SMILES string of the molecule is COc1cccc(-c2cccnc2)c1B(O)O. The topological polar surface area (TPSA) is 62.6 Å². The van der Waals surface area contributed by atoms with Crippen molar-refractivity contribution < 1.29 is 14.8 Å². The largest absolute Gasteiger partial charge is 0.497 e. The third kappa shape index (κ3) is 2.30. The molecule has 86 valence electrons. The molecule has 1 aromatic heterocycles. The van der Waals surface area contributed by atoms with Gasteiger partial charge >= 0.3 is 7.12 Å². The monoisotopic (exact) mass is 229 g/mol. The molecule has 5 heteroatoms. The molecule has 0 saturated heterocycles. The van der Waals surface area contributed by atoms with Gasteiger partial charge in [-0.05, 0) is 23.3 Å². The molecule has 0 aliphatic carbocycles. The molecule has 2 aromatic rings. The highest BCUT2D eigenvalue weighted by Crippen LogP contribution is 2.20. The maximum absolute atomic E-state index is 9.43. The molecule has 0 saturated carbocycles. The Balaban J connectivity index is 2.62. The molecule has 0 fully saturated rings. The molecule has 0 amide bonds. The second-order valence-corrected chi connectivity index (χ2v) is 3.54. The fourth-order valence-electron chi connectivity index (χ4n) is 1.76. The number of pyridine rings is 1. The van der Waals surface area contributed by atoms with Gasteiger partial charge in [-0.2, -0.15) is 0 Å². The average Bonchev–Trinajstić information content (AvgIpc) is 2.38. The number of hydrogen-bond donors (Lipinski definition) is 2. The Morgan fingerprint density at radius 2 is 2.00 bits per heavy atom. The highest BCUT2D eigenvalue weighted by molar-refractivity contribution is 6.61. The van der Waals surface area contributed by atoms with Gasteiger partial charge in [-0.25, -0.2) is 0 Å². The lowest BCUT2D eigenvalue weighted by Gasteiger charge is -2.13. The van der Waals surface area contributed by atoms with Crippen molar-refractivity contribution in [3.8, 4) is 16.9 Å². The summed E-state index contributed by atoms with van der Waals surface area (Å²) in [6.45, 7) is 0. The number of nitrogens with zero attached hydrogens (tertiary/aromatic N) is 1. The molecule has 4 nitrogen and oxygen atoms in total. The Kier molecular flexibility index (Phi) is 3.42. The second-order valence-electron chi connectivity index (χ2n) is 3.54. The van der Waals surface area contributed by atoms with Crippen LogP contribution in [0.1, 0.15) is 0 Å². The van der Waals surface area contributed by atoms with Crippen molar-refractivity contribution in [2.75, 3.05) is 7.11 Å². The molecular weight excluding hydrogens is 217 g/mol. The van der Waals surface area contributed by atoms with Crippen LogP contribution < -0.4 is 10.2 Å². The van der Waals surface area contributed by atoms with Gasteiger partial charge in [0.15, 0.2) is 0 Å². The summed E-state index contributed by atoms with van der Waals surface area (Å²) in [6, 6.07) is 8.94. The standard InChI is InChI=1S/C12H12BNO3/c1-17-11-6-2-5-10(12(11)13(15)16)9-4-3-7-14-8-9/h2-8,15-16H,1H3. The minimum atomic E-state index is -1.58. The van der Waals surface area contributed by atoms with Crippen LogP contribution in [0, 0.1) is 0 Å². The van der Waals surface area contributed by atoms with Crippen molar-refractivity contribution in [2.24, 2.45) is 0 Å². The average molecular weight is 229 g/mol. The zero-order chi connectivity index (χ0) is 12.3. The Labute approximate surface area is 99.7 Å². The van der Waals surface area contributed by atoms with Gasteiger partial charge in [-0.1, -0.05) is 18.2 Å². The van der Waals surface area contributed by atoms with Crippen LogP contribution in [-0.2, 0) is 0 Å². The van der Waals surface area contributed by atoms with E-state index in [9.17, 15) is 10.0 Å². The molecule has 1 aromatic carbocycles. The van der Waals surface area contributed by atoms with E-state index in [0.717, 1.165) is 5.56 Å². The number of rotatable bonds is 3. The van der Waals surface area contributed by atoms with Crippen LogP contribution in [-0.4, -0.2) is 29.3 Å². The minimum Gasteiger partial charge on any atom is -0.497 e. The van der Waals surface area contributed by atoms with Crippen molar-refractivity contribution in [3.63, 3.8) is 0 Å². The Morgan fingerprint density at radius 3 is 2.59 bits per heavy atom. The predicted molar refractivity (Wildman–Crippen MR) is 66.1 cm³/mol.